The van der Waals surface area contributed by atoms with Crippen molar-refractivity contribution in [2.24, 2.45) is 5.92 Å². The number of nitro groups is 1. The number of rotatable bonds is 6. The maximum atomic E-state index is 12.1. The van der Waals surface area contributed by atoms with E-state index < -0.39 is 4.92 Å². The Kier molecular flexibility index (Phi) is 5.87. The molecule has 26 heavy (non-hydrogen) atoms. The maximum Gasteiger partial charge on any atom is 0.277 e. The van der Waals surface area contributed by atoms with Gasteiger partial charge in [0.1, 0.15) is 0 Å². The largest absolute Gasteiger partial charge is 0.411 e. The number of carbonyl (C=O) groups excluding carboxylic acids is 1. The van der Waals surface area contributed by atoms with E-state index in [2.05, 4.69) is 22.4 Å². The standard InChI is InChI=1S/C17H20N4O4S/c1-11-5-2-3-8-14(11)18-15(22)10-26-17-20-19-16(25-17)12-6-4-7-13(9-12)21(23)24/h4,6-7,9,11,14H,2-3,5,8,10H2,1H3,(H,18,22)/t11-,14+/m1/s1. The fourth-order valence-electron chi connectivity index (χ4n) is 3.04. The molecule has 3 rings (SSSR count). The summed E-state index contributed by atoms with van der Waals surface area (Å²) in [5, 5.41) is 22.0. The minimum atomic E-state index is -0.480. The van der Waals surface area contributed by atoms with Gasteiger partial charge < -0.3 is 9.73 Å². The lowest BCUT2D eigenvalue weighted by atomic mass is 9.86. The van der Waals surface area contributed by atoms with Crippen LogP contribution >= 0.6 is 11.8 Å². The molecule has 8 nitrogen and oxygen atoms in total. The first-order chi connectivity index (χ1) is 12.5. The van der Waals surface area contributed by atoms with Gasteiger partial charge in [0.25, 0.3) is 10.9 Å². The van der Waals surface area contributed by atoms with Crippen molar-refractivity contribution in [1.82, 2.24) is 15.5 Å². The Balaban J connectivity index is 1.56. The summed E-state index contributed by atoms with van der Waals surface area (Å²) < 4.78 is 5.50. The van der Waals surface area contributed by atoms with Crippen LogP contribution in [0, 0.1) is 16.0 Å². The number of nitrogens with one attached hydrogen (secondary N) is 1. The van der Waals surface area contributed by atoms with Gasteiger partial charge in [0, 0.05) is 23.7 Å². The third-order valence-electron chi connectivity index (χ3n) is 4.49. The number of thioether (sulfide) groups is 1. The highest BCUT2D eigenvalue weighted by Gasteiger charge is 2.23. The van der Waals surface area contributed by atoms with E-state index in [0.29, 0.717) is 11.5 Å². The number of non-ortho nitro benzene ring substituents is 1. The molecule has 2 aromatic rings. The van der Waals surface area contributed by atoms with Gasteiger partial charge in [0.05, 0.1) is 10.7 Å². The van der Waals surface area contributed by atoms with Gasteiger partial charge in [-0.15, -0.1) is 10.2 Å². The van der Waals surface area contributed by atoms with Crippen LogP contribution in [-0.4, -0.2) is 32.8 Å². The van der Waals surface area contributed by atoms with Gasteiger partial charge in [-0.05, 0) is 24.8 Å². The predicted molar refractivity (Wildman–Crippen MR) is 96.7 cm³/mol. The molecule has 1 heterocycles. The maximum absolute atomic E-state index is 12.1. The third-order valence-corrected chi connectivity index (χ3v) is 5.31. The molecule has 2 atom stereocenters. The lowest BCUT2D eigenvalue weighted by Gasteiger charge is -2.29. The van der Waals surface area contributed by atoms with Crippen LogP contribution in [0.5, 0.6) is 0 Å². The second-order valence-corrected chi connectivity index (χ2v) is 7.33. The Morgan fingerprint density at radius 2 is 2.19 bits per heavy atom. The van der Waals surface area contributed by atoms with Crippen LogP contribution in [0.1, 0.15) is 32.6 Å². The Labute approximate surface area is 154 Å². The van der Waals surface area contributed by atoms with Gasteiger partial charge in [0.15, 0.2) is 0 Å². The minimum absolute atomic E-state index is 0.0455. The molecule has 0 unspecified atom stereocenters. The SMILES string of the molecule is C[C@@H]1CCCC[C@@H]1NC(=O)CSc1nnc(-c2cccc([N+](=O)[O-])c2)o1. The van der Waals surface area contributed by atoms with Crippen LogP contribution in [0.15, 0.2) is 33.9 Å². The monoisotopic (exact) mass is 376 g/mol. The highest BCUT2D eigenvalue weighted by molar-refractivity contribution is 7.99. The van der Waals surface area contributed by atoms with E-state index in [-0.39, 0.29) is 34.5 Å². The van der Waals surface area contributed by atoms with Gasteiger partial charge in [-0.2, -0.15) is 0 Å². The molecule has 0 radical (unpaired) electrons. The quantitative estimate of drug-likeness (QED) is 0.467. The summed E-state index contributed by atoms with van der Waals surface area (Å²) in [7, 11) is 0. The lowest BCUT2D eigenvalue weighted by Crippen LogP contribution is -2.41. The summed E-state index contributed by atoms with van der Waals surface area (Å²) in [5.74, 6) is 0.836. The number of nitro benzene ring substituents is 1. The number of amides is 1. The van der Waals surface area contributed by atoms with Crippen LogP contribution in [0.25, 0.3) is 11.5 Å². The molecule has 1 saturated carbocycles. The van der Waals surface area contributed by atoms with E-state index in [9.17, 15) is 14.9 Å². The number of benzene rings is 1. The Hall–Kier alpha value is -2.42. The molecule has 1 aromatic heterocycles. The summed E-state index contributed by atoms with van der Waals surface area (Å²) in [5.41, 5.74) is 0.426. The molecular weight excluding hydrogens is 356 g/mol. The third kappa shape index (κ3) is 4.60. The number of hydrogen-bond donors (Lipinski definition) is 1. The molecule has 0 aliphatic heterocycles. The van der Waals surface area contributed by atoms with Crippen molar-refractivity contribution >= 4 is 23.4 Å². The molecule has 1 N–H and O–H groups in total. The van der Waals surface area contributed by atoms with Crippen LogP contribution in [0.3, 0.4) is 0 Å². The smallest absolute Gasteiger partial charge is 0.277 e. The molecule has 1 aliphatic carbocycles. The molecule has 0 spiro atoms. The first kappa shape index (κ1) is 18.4. The zero-order chi connectivity index (χ0) is 18.5. The van der Waals surface area contributed by atoms with E-state index in [1.165, 1.54) is 18.6 Å². The molecular formula is C17H20N4O4S. The topological polar surface area (TPSA) is 111 Å². The summed E-state index contributed by atoms with van der Waals surface area (Å²) >= 11 is 1.16. The molecule has 0 bridgehead atoms. The number of nitrogens with zero attached hydrogens (tertiary/aromatic N) is 3. The number of carbonyl (C=O) groups is 1. The number of aromatic nitrogens is 2. The van der Waals surface area contributed by atoms with Crippen molar-refractivity contribution in [2.75, 3.05) is 5.75 Å². The van der Waals surface area contributed by atoms with Gasteiger partial charge in [0.2, 0.25) is 11.8 Å². The minimum Gasteiger partial charge on any atom is -0.411 e. The average molecular weight is 376 g/mol. The highest BCUT2D eigenvalue weighted by atomic mass is 32.2. The van der Waals surface area contributed by atoms with Gasteiger partial charge in [-0.25, -0.2) is 0 Å². The van der Waals surface area contributed by atoms with Crippen molar-refractivity contribution in [3.63, 3.8) is 0 Å². The molecule has 1 amide bonds. The fraction of sp³-hybridized carbons (Fsp3) is 0.471. The molecule has 1 fully saturated rings. The van der Waals surface area contributed by atoms with E-state index in [0.717, 1.165) is 31.0 Å². The first-order valence-corrected chi connectivity index (χ1v) is 9.52. The summed E-state index contributed by atoms with van der Waals surface area (Å²) in [6.07, 6.45) is 4.55. The molecule has 1 aromatic carbocycles. The normalized spacial score (nSPS) is 19.9. The van der Waals surface area contributed by atoms with E-state index in [4.69, 9.17) is 4.42 Å². The van der Waals surface area contributed by atoms with Gasteiger partial charge in [-0.1, -0.05) is 37.6 Å². The summed E-state index contributed by atoms with van der Waals surface area (Å²) in [4.78, 5) is 22.5. The second kappa shape index (κ2) is 8.31. The van der Waals surface area contributed by atoms with Crippen molar-refractivity contribution in [2.45, 2.75) is 43.9 Å². The van der Waals surface area contributed by atoms with Crippen molar-refractivity contribution in [1.29, 1.82) is 0 Å². The van der Waals surface area contributed by atoms with E-state index in [1.807, 2.05) is 0 Å². The average Bonchev–Trinajstić information content (AvgIpc) is 3.11. The van der Waals surface area contributed by atoms with Crippen molar-refractivity contribution in [3.8, 4) is 11.5 Å². The van der Waals surface area contributed by atoms with Gasteiger partial charge >= 0.3 is 0 Å². The fourth-order valence-corrected chi connectivity index (χ4v) is 3.62. The van der Waals surface area contributed by atoms with Crippen LogP contribution in [0.2, 0.25) is 0 Å². The predicted octanol–water partition coefficient (Wildman–Crippen LogP) is 3.43. The lowest BCUT2D eigenvalue weighted by molar-refractivity contribution is -0.384. The van der Waals surface area contributed by atoms with Crippen LogP contribution in [0.4, 0.5) is 5.69 Å². The zero-order valence-corrected chi connectivity index (χ0v) is 15.2. The molecule has 138 valence electrons. The summed E-state index contributed by atoms with van der Waals surface area (Å²) in [6, 6.07) is 6.22. The van der Waals surface area contributed by atoms with Crippen molar-refractivity contribution in [3.05, 3.63) is 34.4 Å². The van der Waals surface area contributed by atoms with Crippen LogP contribution < -0.4 is 5.32 Å². The number of hydrogen-bond acceptors (Lipinski definition) is 7. The first-order valence-electron chi connectivity index (χ1n) is 8.53. The van der Waals surface area contributed by atoms with Crippen LogP contribution in [-0.2, 0) is 4.79 Å². The zero-order valence-electron chi connectivity index (χ0n) is 14.4. The van der Waals surface area contributed by atoms with Gasteiger partial charge in [-0.3, -0.25) is 14.9 Å². The molecule has 9 heteroatoms. The van der Waals surface area contributed by atoms with Crippen molar-refractivity contribution < 1.29 is 14.1 Å². The molecule has 1 aliphatic rings. The van der Waals surface area contributed by atoms with E-state index in [1.54, 1.807) is 12.1 Å². The molecule has 0 saturated heterocycles. The van der Waals surface area contributed by atoms with E-state index >= 15 is 0 Å². The Bertz CT molecular complexity index is 795. The Morgan fingerprint density at radius 1 is 1.38 bits per heavy atom. The highest BCUT2D eigenvalue weighted by Crippen LogP contribution is 2.26. The second-order valence-electron chi connectivity index (χ2n) is 6.40. The Morgan fingerprint density at radius 3 is 2.96 bits per heavy atom. The summed E-state index contributed by atoms with van der Waals surface area (Å²) in [6.45, 7) is 2.17.